The SMILES string of the molecule is CNCCN(C)Cc1cncn1C1CCC2(CC1)CC(C)(C)CO2. The van der Waals surface area contributed by atoms with Gasteiger partial charge in [0.25, 0.3) is 0 Å². The van der Waals surface area contributed by atoms with Gasteiger partial charge < -0.3 is 14.6 Å². The standard InChI is InChI=1S/C19H34N4O/c1-18(2)13-19(24-14-18)7-5-16(6-8-19)23-15-21-11-17(23)12-22(4)10-9-20-3/h11,15-16,20H,5-10,12-14H2,1-4H3. The summed E-state index contributed by atoms with van der Waals surface area (Å²) in [5.74, 6) is 0. The second-order valence-corrected chi connectivity index (χ2v) is 8.68. The molecule has 0 aromatic carbocycles. The highest BCUT2D eigenvalue weighted by Gasteiger charge is 2.46. The minimum Gasteiger partial charge on any atom is -0.374 e. The number of likely N-dealkylation sites (N-methyl/N-ethyl adjacent to an activating group) is 2. The Morgan fingerprint density at radius 3 is 2.75 bits per heavy atom. The molecule has 136 valence electrons. The zero-order valence-electron chi connectivity index (χ0n) is 15.8. The summed E-state index contributed by atoms with van der Waals surface area (Å²) < 4.78 is 8.68. The highest BCUT2D eigenvalue weighted by molar-refractivity contribution is 5.04. The molecular weight excluding hydrogens is 300 g/mol. The van der Waals surface area contributed by atoms with Crippen molar-refractivity contribution in [3.63, 3.8) is 0 Å². The van der Waals surface area contributed by atoms with Crippen LogP contribution in [0.1, 0.15) is 57.7 Å². The van der Waals surface area contributed by atoms with Crippen LogP contribution in [-0.4, -0.2) is 53.8 Å². The third-order valence-corrected chi connectivity index (χ3v) is 5.75. The molecule has 0 bridgehead atoms. The van der Waals surface area contributed by atoms with Gasteiger partial charge in [0.05, 0.1) is 24.2 Å². The lowest BCUT2D eigenvalue weighted by Crippen LogP contribution is -2.35. The Morgan fingerprint density at radius 1 is 1.38 bits per heavy atom. The average molecular weight is 335 g/mol. The molecule has 1 N–H and O–H groups in total. The first-order valence-electron chi connectivity index (χ1n) is 9.41. The zero-order chi connectivity index (χ0) is 17.2. The molecule has 2 heterocycles. The number of hydrogen-bond acceptors (Lipinski definition) is 4. The molecule has 1 spiro atoms. The van der Waals surface area contributed by atoms with E-state index in [1.165, 1.54) is 37.8 Å². The van der Waals surface area contributed by atoms with E-state index in [0.29, 0.717) is 11.5 Å². The molecule has 1 saturated carbocycles. The van der Waals surface area contributed by atoms with E-state index in [2.05, 4.69) is 40.7 Å². The predicted molar refractivity (Wildman–Crippen MR) is 97.1 cm³/mol. The van der Waals surface area contributed by atoms with Crippen molar-refractivity contribution in [3.8, 4) is 0 Å². The molecule has 0 unspecified atom stereocenters. The molecule has 0 amide bonds. The smallest absolute Gasteiger partial charge is 0.0951 e. The molecule has 1 aromatic rings. The third-order valence-electron chi connectivity index (χ3n) is 5.75. The van der Waals surface area contributed by atoms with Gasteiger partial charge in [0.1, 0.15) is 0 Å². The van der Waals surface area contributed by atoms with Crippen LogP contribution < -0.4 is 5.32 Å². The van der Waals surface area contributed by atoms with Gasteiger partial charge in [-0.25, -0.2) is 4.98 Å². The third kappa shape index (κ3) is 4.01. The van der Waals surface area contributed by atoms with Crippen molar-refractivity contribution < 1.29 is 4.74 Å². The Hall–Kier alpha value is -0.910. The summed E-state index contributed by atoms with van der Waals surface area (Å²) in [5.41, 5.74) is 1.84. The Bertz CT molecular complexity index is 531. The molecular formula is C19H34N4O. The summed E-state index contributed by atoms with van der Waals surface area (Å²) in [4.78, 5) is 6.79. The van der Waals surface area contributed by atoms with E-state index in [1.54, 1.807) is 0 Å². The number of rotatable bonds is 6. The van der Waals surface area contributed by atoms with Gasteiger partial charge in [-0.15, -0.1) is 0 Å². The molecule has 2 fully saturated rings. The van der Waals surface area contributed by atoms with Crippen LogP contribution in [0.2, 0.25) is 0 Å². The lowest BCUT2D eigenvalue weighted by Gasteiger charge is -2.38. The van der Waals surface area contributed by atoms with Gasteiger partial charge in [0.15, 0.2) is 0 Å². The van der Waals surface area contributed by atoms with Gasteiger partial charge in [-0.1, -0.05) is 13.8 Å². The molecule has 1 aliphatic heterocycles. The van der Waals surface area contributed by atoms with E-state index in [1.807, 2.05) is 19.6 Å². The second-order valence-electron chi connectivity index (χ2n) is 8.68. The number of aromatic nitrogens is 2. The van der Waals surface area contributed by atoms with E-state index in [-0.39, 0.29) is 5.60 Å². The normalized spacial score (nSPS) is 29.6. The van der Waals surface area contributed by atoms with Crippen molar-refractivity contribution in [1.82, 2.24) is 19.8 Å². The Balaban J connectivity index is 1.58. The average Bonchev–Trinajstić information content (AvgIpc) is 3.11. The van der Waals surface area contributed by atoms with Crippen LogP contribution in [0.4, 0.5) is 0 Å². The fraction of sp³-hybridized carbons (Fsp3) is 0.842. The van der Waals surface area contributed by atoms with Gasteiger partial charge in [-0.05, 0) is 51.6 Å². The fourth-order valence-corrected chi connectivity index (χ4v) is 4.49. The van der Waals surface area contributed by atoms with Crippen molar-refractivity contribution in [1.29, 1.82) is 0 Å². The van der Waals surface area contributed by atoms with Crippen LogP contribution in [0, 0.1) is 5.41 Å². The number of ether oxygens (including phenoxy) is 1. The van der Waals surface area contributed by atoms with Gasteiger partial charge in [-0.3, -0.25) is 4.90 Å². The first-order chi connectivity index (χ1) is 11.4. The van der Waals surface area contributed by atoms with Gasteiger partial charge in [0.2, 0.25) is 0 Å². The highest BCUT2D eigenvalue weighted by atomic mass is 16.5. The first kappa shape index (κ1) is 17.9. The van der Waals surface area contributed by atoms with E-state index >= 15 is 0 Å². The minimum absolute atomic E-state index is 0.157. The van der Waals surface area contributed by atoms with Crippen molar-refractivity contribution in [2.24, 2.45) is 5.41 Å². The van der Waals surface area contributed by atoms with Crippen molar-refractivity contribution in [3.05, 3.63) is 18.2 Å². The van der Waals surface area contributed by atoms with E-state index in [9.17, 15) is 0 Å². The largest absolute Gasteiger partial charge is 0.374 e. The summed E-state index contributed by atoms with van der Waals surface area (Å²) in [6.07, 6.45) is 10.1. The van der Waals surface area contributed by atoms with Crippen LogP contribution >= 0.6 is 0 Å². The maximum atomic E-state index is 6.26. The van der Waals surface area contributed by atoms with E-state index in [0.717, 1.165) is 26.2 Å². The van der Waals surface area contributed by atoms with E-state index in [4.69, 9.17) is 4.74 Å². The highest BCUT2D eigenvalue weighted by Crippen LogP contribution is 2.48. The van der Waals surface area contributed by atoms with Crippen LogP contribution in [0.5, 0.6) is 0 Å². The van der Waals surface area contributed by atoms with Gasteiger partial charge in [-0.2, -0.15) is 0 Å². The van der Waals surface area contributed by atoms with Crippen LogP contribution in [0.15, 0.2) is 12.5 Å². The van der Waals surface area contributed by atoms with Crippen molar-refractivity contribution in [2.45, 2.75) is 64.1 Å². The number of imidazole rings is 1. The summed E-state index contributed by atoms with van der Waals surface area (Å²) in [6.45, 7) is 8.63. The Morgan fingerprint density at radius 2 is 2.12 bits per heavy atom. The molecule has 5 heteroatoms. The molecule has 1 aromatic heterocycles. The zero-order valence-corrected chi connectivity index (χ0v) is 15.8. The molecule has 2 aliphatic rings. The molecule has 5 nitrogen and oxygen atoms in total. The molecule has 0 atom stereocenters. The topological polar surface area (TPSA) is 42.3 Å². The monoisotopic (exact) mass is 334 g/mol. The van der Waals surface area contributed by atoms with Crippen LogP contribution in [0.25, 0.3) is 0 Å². The lowest BCUT2D eigenvalue weighted by atomic mass is 9.75. The molecule has 1 saturated heterocycles. The fourth-order valence-electron chi connectivity index (χ4n) is 4.49. The van der Waals surface area contributed by atoms with Gasteiger partial charge >= 0.3 is 0 Å². The van der Waals surface area contributed by atoms with Crippen LogP contribution in [0.3, 0.4) is 0 Å². The minimum atomic E-state index is 0.157. The maximum absolute atomic E-state index is 6.26. The van der Waals surface area contributed by atoms with E-state index < -0.39 is 0 Å². The summed E-state index contributed by atoms with van der Waals surface area (Å²) in [6, 6.07) is 0.582. The lowest BCUT2D eigenvalue weighted by molar-refractivity contribution is -0.0344. The van der Waals surface area contributed by atoms with Gasteiger partial charge in [0, 0.05) is 31.9 Å². The Kier molecular flexibility index (Phi) is 5.33. The predicted octanol–water partition coefficient (Wildman–Crippen LogP) is 2.83. The van der Waals surface area contributed by atoms with Crippen LogP contribution in [-0.2, 0) is 11.3 Å². The van der Waals surface area contributed by atoms with Crippen molar-refractivity contribution in [2.75, 3.05) is 33.8 Å². The summed E-state index contributed by atoms with van der Waals surface area (Å²) in [7, 11) is 4.18. The quantitative estimate of drug-likeness (QED) is 0.869. The number of nitrogens with zero attached hydrogens (tertiary/aromatic N) is 3. The maximum Gasteiger partial charge on any atom is 0.0951 e. The second kappa shape index (κ2) is 7.14. The first-order valence-corrected chi connectivity index (χ1v) is 9.41. The summed E-state index contributed by atoms with van der Waals surface area (Å²) >= 11 is 0. The molecule has 3 rings (SSSR count). The van der Waals surface area contributed by atoms with Crippen molar-refractivity contribution >= 4 is 0 Å². The Labute approximate surface area is 146 Å². The molecule has 1 aliphatic carbocycles. The summed E-state index contributed by atoms with van der Waals surface area (Å²) in [5, 5.41) is 3.21. The number of hydrogen-bond donors (Lipinski definition) is 1. The number of nitrogens with one attached hydrogen (secondary N) is 1. The molecule has 24 heavy (non-hydrogen) atoms. The molecule has 0 radical (unpaired) electrons.